The number of rotatable bonds is 3. The summed E-state index contributed by atoms with van der Waals surface area (Å²) in [6.07, 6.45) is 1.63. The number of carbonyl (C=O) groups excluding carboxylic acids is 1. The number of carbonyl (C=O) groups is 1. The molecular formula is C12H17NOS. The second kappa shape index (κ2) is 4.90. The first-order valence-corrected chi connectivity index (χ1v) is 6.46. The molecule has 1 aliphatic rings. The predicted octanol–water partition coefficient (Wildman–Crippen LogP) is 2.11. The summed E-state index contributed by atoms with van der Waals surface area (Å²) >= 11 is 1.66. The van der Waals surface area contributed by atoms with Crippen molar-refractivity contribution in [3.8, 4) is 0 Å². The van der Waals surface area contributed by atoms with E-state index in [1.165, 1.54) is 5.56 Å². The van der Waals surface area contributed by atoms with E-state index >= 15 is 0 Å². The van der Waals surface area contributed by atoms with Gasteiger partial charge in [-0.25, -0.2) is 0 Å². The first-order chi connectivity index (χ1) is 7.27. The highest BCUT2D eigenvalue weighted by Gasteiger charge is 2.27. The zero-order valence-electron chi connectivity index (χ0n) is 9.03. The number of hydrogen-bond acceptors (Lipinski definition) is 3. The number of hydrogen-bond donors (Lipinski definition) is 1. The summed E-state index contributed by atoms with van der Waals surface area (Å²) in [5, 5.41) is 7.44. The topological polar surface area (TPSA) is 29.1 Å². The molecule has 15 heavy (non-hydrogen) atoms. The first-order valence-electron chi connectivity index (χ1n) is 5.52. The Bertz CT molecular complexity index is 320. The smallest absolute Gasteiger partial charge is 0.140 e. The van der Waals surface area contributed by atoms with E-state index in [0.29, 0.717) is 18.1 Å². The highest BCUT2D eigenvalue weighted by molar-refractivity contribution is 7.07. The molecule has 0 aliphatic carbocycles. The van der Waals surface area contributed by atoms with E-state index < -0.39 is 0 Å². The lowest BCUT2D eigenvalue weighted by molar-refractivity contribution is -0.124. The fourth-order valence-corrected chi connectivity index (χ4v) is 2.89. The molecule has 82 valence electrons. The molecule has 1 N–H and O–H groups in total. The third-order valence-corrected chi connectivity index (χ3v) is 3.89. The van der Waals surface area contributed by atoms with Gasteiger partial charge in [0.2, 0.25) is 0 Å². The van der Waals surface area contributed by atoms with Crippen molar-refractivity contribution in [2.24, 2.45) is 11.8 Å². The normalized spacial score (nSPS) is 26.5. The zero-order valence-corrected chi connectivity index (χ0v) is 9.85. The van der Waals surface area contributed by atoms with E-state index in [4.69, 9.17) is 0 Å². The lowest BCUT2D eigenvalue weighted by Gasteiger charge is -2.28. The maximum absolute atomic E-state index is 12.1. The van der Waals surface area contributed by atoms with Gasteiger partial charge in [-0.3, -0.25) is 4.79 Å². The standard InChI is InChI=1S/C12H17NOS/c1-9-7-13-4-2-11(9)12(14)6-10-3-5-15-8-10/h3,5,8-9,11,13H,2,4,6-7H2,1H3. The molecule has 1 saturated heterocycles. The lowest BCUT2D eigenvalue weighted by Crippen LogP contribution is -2.39. The summed E-state index contributed by atoms with van der Waals surface area (Å²) in [6.45, 7) is 4.15. The van der Waals surface area contributed by atoms with Gasteiger partial charge in [0, 0.05) is 12.3 Å². The van der Waals surface area contributed by atoms with E-state index in [0.717, 1.165) is 19.5 Å². The zero-order chi connectivity index (χ0) is 10.7. The molecule has 1 fully saturated rings. The van der Waals surface area contributed by atoms with Crippen LogP contribution in [0.4, 0.5) is 0 Å². The van der Waals surface area contributed by atoms with Gasteiger partial charge >= 0.3 is 0 Å². The van der Waals surface area contributed by atoms with E-state index in [1.807, 2.05) is 11.4 Å². The van der Waals surface area contributed by atoms with Gasteiger partial charge in [-0.05, 0) is 47.8 Å². The van der Waals surface area contributed by atoms with Crippen LogP contribution >= 0.6 is 11.3 Å². The maximum atomic E-state index is 12.1. The maximum Gasteiger partial charge on any atom is 0.140 e. The molecule has 1 aliphatic heterocycles. The molecule has 1 aromatic heterocycles. The SMILES string of the molecule is CC1CNCCC1C(=O)Cc1ccsc1. The minimum atomic E-state index is 0.270. The Hall–Kier alpha value is -0.670. The average Bonchev–Trinajstić information content (AvgIpc) is 2.71. The fourth-order valence-electron chi connectivity index (χ4n) is 2.22. The number of Topliss-reactive ketones (excluding diaryl/α,β-unsaturated/α-hetero) is 1. The second-order valence-electron chi connectivity index (χ2n) is 4.35. The van der Waals surface area contributed by atoms with E-state index in [1.54, 1.807) is 11.3 Å². The van der Waals surface area contributed by atoms with Crippen molar-refractivity contribution in [1.82, 2.24) is 5.32 Å². The molecule has 2 rings (SSSR count). The van der Waals surface area contributed by atoms with E-state index in [2.05, 4.69) is 17.6 Å². The third kappa shape index (κ3) is 2.67. The van der Waals surface area contributed by atoms with Crippen LogP contribution in [0, 0.1) is 11.8 Å². The number of piperidine rings is 1. The summed E-state index contributed by atoms with van der Waals surface area (Å²) in [5.41, 5.74) is 1.18. The highest BCUT2D eigenvalue weighted by atomic mass is 32.1. The molecule has 1 aromatic rings. The Morgan fingerprint density at radius 2 is 2.53 bits per heavy atom. The van der Waals surface area contributed by atoms with Crippen molar-refractivity contribution in [3.63, 3.8) is 0 Å². The quantitative estimate of drug-likeness (QED) is 0.850. The van der Waals surface area contributed by atoms with Gasteiger partial charge in [0.25, 0.3) is 0 Å². The van der Waals surface area contributed by atoms with Crippen molar-refractivity contribution in [2.75, 3.05) is 13.1 Å². The molecule has 2 heterocycles. The van der Waals surface area contributed by atoms with Gasteiger partial charge in [-0.1, -0.05) is 6.92 Å². The van der Waals surface area contributed by atoms with Crippen molar-refractivity contribution in [1.29, 1.82) is 0 Å². The second-order valence-corrected chi connectivity index (χ2v) is 5.13. The molecule has 0 radical (unpaired) electrons. The third-order valence-electron chi connectivity index (χ3n) is 3.16. The Labute approximate surface area is 94.7 Å². The fraction of sp³-hybridized carbons (Fsp3) is 0.583. The Kier molecular flexibility index (Phi) is 3.54. The molecular weight excluding hydrogens is 206 g/mol. The summed E-state index contributed by atoms with van der Waals surface area (Å²) in [4.78, 5) is 12.1. The van der Waals surface area contributed by atoms with Crippen LogP contribution in [0.1, 0.15) is 18.9 Å². The van der Waals surface area contributed by atoms with Crippen LogP contribution in [0.15, 0.2) is 16.8 Å². The summed E-state index contributed by atoms with van der Waals surface area (Å²) in [7, 11) is 0. The van der Waals surface area contributed by atoms with Gasteiger partial charge in [0.15, 0.2) is 0 Å². The van der Waals surface area contributed by atoms with Gasteiger partial charge in [-0.15, -0.1) is 0 Å². The molecule has 2 unspecified atom stereocenters. The highest BCUT2D eigenvalue weighted by Crippen LogP contribution is 2.21. The minimum Gasteiger partial charge on any atom is -0.316 e. The molecule has 0 aromatic carbocycles. The van der Waals surface area contributed by atoms with Crippen LogP contribution in [-0.4, -0.2) is 18.9 Å². The summed E-state index contributed by atoms with van der Waals surface area (Å²) in [5.74, 6) is 1.18. The number of thiophene rings is 1. The van der Waals surface area contributed by atoms with Crippen molar-refractivity contribution < 1.29 is 4.79 Å². The molecule has 0 amide bonds. The van der Waals surface area contributed by atoms with Crippen molar-refractivity contribution >= 4 is 17.1 Å². The Balaban J connectivity index is 1.95. The number of ketones is 1. The van der Waals surface area contributed by atoms with Gasteiger partial charge in [-0.2, -0.15) is 11.3 Å². The molecule has 0 spiro atoms. The summed E-state index contributed by atoms with van der Waals surface area (Å²) < 4.78 is 0. The van der Waals surface area contributed by atoms with Crippen LogP contribution < -0.4 is 5.32 Å². The molecule has 2 atom stereocenters. The molecule has 0 bridgehead atoms. The van der Waals surface area contributed by atoms with Crippen LogP contribution in [0.25, 0.3) is 0 Å². The largest absolute Gasteiger partial charge is 0.316 e. The monoisotopic (exact) mass is 223 g/mol. The van der Waals surface area contributed by atoms with E-state index in [-0.39, 0.29) is 5.92 Å². The minimum absolute atomic E-state index is 0.270. The van der Waals surface area contributed by atoms with Crippen molar-refractivity contribution in [2.45, 2.75) is 19.8 Å². The van der Waals surface area contributed by atoms with Crippen LogP contribution in [0.5, 0.6) is 0 Å². The summed E-state index contributed by atoms with van der Waals surface area (Å²) in [6, 6.07) is 2.05. The van der Waals surface area contributed by atoms with E-state index in [9.17, 15) is 4.79 Å². The van der Waals surface area contributed by atoms with Gasteiger partial charge in [0.05, 0.1) is 0 Å². The Morgan fingerprint density at radius 3 is 3.20 bits per heavy atom. The van der Waals surface area contributed by atoms with Crippen LogP contribution in [-0.2, 0) is 11.2 Å². The van der Waals surface area contributed by atoms with Crippen LogP contribution in [0.3, 0.4) is 0 Å². The Morgan fingerprint density at radius 1 is 1.67 bits per heavy atom. The molecule has 0 saturated carbocycles. The first kappa shape index (κ1) is 10.8. The lowest BCUT2D eigenvalue weighted by atomic mass is 9.83. The van der Waals surface area contributed by atoms with Gasteiger partial charge < -0.3 is 5.32 Å². The van der Waals surface area contributed by atoms with Crippen molar-refractivity contribution in [3.05, 3.63) is 22.4 Å². The molecule has 3 heteroatoms. The van der Waals surface area contributed by atoms with Gasteiger partial charge in [0.1, 0.15) is 5.78 Å². The predicted molar refractivity (Wildman–Crippen MR) is 63.2 cm³/mol. The van der Waals surface area contributed by atoms with Crippen LogP contribution in [0.2, 0.25) is 0 Å². The number of nitrogens with one attached hydrogen (secondary N) is 1. The molecule has 2 nitrogen and oxygen atoms in total. The average molecular weight is 223 g/mol.